The van der Waals surface area contributed by atoms with Crippen molar-refractivity contribution in [3.8, 4) is 11.1 Å². The predicted octanol–water partition coefficient (Wildman–Crippen LogP) is 4.02. The fourth-order valence-corrected chi connectivity index (χ4v) is 4.05. The van der Waals surface area contributed by atoms with Gasteiger partial charge in [-0.05, 0) is 72.2 Å². The lowest BCUT2D eigenvalue weighted by Crippen LogP contribution is -2.22. The monoisotopic (exact) mass is 404 g/mol. The molecule has 140 valence electrons. The molecule has 0 radical (unpaired) electrons. The molecule has 1 fully saturated rings. The second kappa shape index (κ2) is 6.53. The molecule has 0 aliphatic heterocycles. The molecule has 3 aromatic rings. The Balaban J connectivity index is 2.04. The molecule has 0 amide bonds. The SMILES string of the molecule is Cc1c(-c2cc(Cl)c(N)c(Cl)c2)ccn2c(=O)c(C(O)O)cc(C3CC3)c12. The van der Waals surface area contributed by atoms with E-state index < -0.39 is 11.8 Å². The lowest BCUT2D eigenvalue weighted by atomic mass is 9.96. The topological polar surface area (TPSA) is 88.0 Å². The third-order valence-corrected chi connectivity index (χ3v) is 5.75. The largest absolute Gasteiger partial charge is 0.396 e. The van der Waals surface area contributed by atoms with Crippen LogP contribution < -0.4 is 11.3 Å². The molecule has 0 bridgehead atoms. The number of aromatic nitrogens is 1. The number of halogens is 2. The van der Waals surface area contributed by atoms with Gasteiger partial charge in [-0.15, -0.1) is 0 Å². The van der Waals surface area contributed by atoms with Crippen molar-refractivity contribution >= 4 is 34.4 Å². The molecule has 1 aromatic carbocycles. The number of aryl methyl sites for hydroxylation is 1. The first-order chi connectivity index (χ1) is 12.8. The Morgan fingerprint density at radius 3 is 2.37 bits per heavy atom. The van der Waals surface area contributed by atoms with E-state index in [1.165, 1.54) is 4.40 Å². The third kappa shape index (κ3) is 3.01. The number of anilines is 1. The Hall–Kier alpha value is -2.05. The fourth-order valence-electron chi connectivity index (χ4n) is 3.56. The highest BCUT2D eigenvalue weighted by Crippen LogP contribution is 2.44. The number of nitrogen functional groups attached to an aromatic ring is 1. The number of pyridine rings is 2. The van der Waals surface area contributed by atoms with Crippen molar-refractivity contribution in [1.82, 2.24) is 4.40 Å². The molecular formula is C20H18Cl2N2O3. The number of rotatable bonds is 3. The van der Waals surface area contributed by atoms with Crippen molar-refractivity contribution in [2.24, 2.45) is 0 Å². The summed E-state index contributed by atoms with van der Waals surface area (Å²) in [7, 11) is 0. The molecule has 1 saturated carbocycles. The minimum absolute atomic E-state index is 0.0138. The standard InChI is InChI=1S/C20H18Cl2N2O3/c1-9-12(11-6-15(21)17(23)16(22)7-11)4-5-24-18(9)13(10-2-3-10)8-14(19(24)25)20(26)27/h4-8,10,20,26-27H,2-3,23H2,1H3. The van der Waals surface area contributed by atoms with Crippen molar-refractivity contribution in [2.45, 2.75) is 32.0 Å². The van der Waals surface area contributed by atoms with Crippen LogP contribution in [-0.4, -0.2) is 14.6 Å². The maximum Gasteiger partial charge on any atom is 0.263 e. The van der Waals surface area contributed by atoms with Crippen LogP contribution in [0, 0.1) is 6.92 Å². The van der Waals surface area contributed by atoms with E-state index in [9.17, 15) is 15.0 Å². The van der Waals surface area contributed by atoms with E-state index in [1.54, 1.807) is 30.5 Å². The first kappa shape index (κ1) is 18.3. The summed E-state index contributed by atoms with van der Waals surface area (Å²) in [5, 5.41) is 19.9. The van der Waals surface area contributed by atoms with Gasteiger partial charge in [0.05, 0.1) is 26.8 Å². The summed E-state index contributed by atoms with van der Waals surface area (Å²) in [4.78, 5) is 12.7. The van der Waals surface area contributed by atoms with Gasteiger partial charge in [-0.25, -0.2) is 0 Å². The van der Waals surface area contributed by atoms with Crippen LogP contribution in [0.5, 0.6) is 0 Å². The average Bonchev–Trinajstić information content (AvgIpc) is 3.45. The summed E-state index contributed by atoms with van der Waals surface area (Å²) in [6.07, 6.45) is 1.87. The first-order valence-electron chi connectivity index (χ1n) is 8.59. The molecule has 0 unspecified atom stereocenters. The maximum atomic E-state index is 12.7. The summed E-state index contributed by atoms with van der Waals surface area (Å²) in [6.45, 7) is 1.93. The molecule has 0 atom stereocenters. The van der Waals surface area contributed by atoms with Gasteiger partial charge in [0.25, 0.3) is 5.56 Å². The minimum atomic E-state index is -1.80. The number of aliphatic hydroxyl groups excluding tert-OH is 1. The number of benzene rings is 1. The van der Waals surface area contributed by atoms with Crippen molar-refractivity contribution in [2.75, 3.05) is 5.73 Å². The van der Waals surface area contributed by atoms with Crippen molar-refractivity contribution in [3.63, 3.8) is 0 Å². The van der Waals surface area contributed by atoms with Gasteiger partial charge in [0.2, 0.25) is 0 Å². The number of nitrogens with two attached hydrogens (primary N) is 1. The van der Waals surface area contributed by atoms with Gasteiger partial charge >= 0.3 is 0 Å². The highest BCUT2D eigenvalue weighted by atomic mass is 35.5. The van der Waals surface area contributed by atoms with Gasteiger partial charge in [0, 0.05) is 6.20 Å². The van der Waals surface area contributed by atoms with E-state index in [0.29, 0.717) is 21.7 Å². The first-order valence-corrected chi connectivity index (χ1v) is 9.35. The van der Waals surface area contributed by atoms with Crippen LogP contribution in [0.1, 0.15) is 41.7 Å². The van der Waals surface area contributed by atoms with E-state index in [0.717, 1.165) is 40.6 Å². The van der Waals surface area contributed by atoms with Gasteiger partial charge in [-0.3, -0.25) is 9.20 Å². The van der Waals surface area contributed by atoms with E-state index in [4.69, 9.17) is 28.9 Å². The summed E-state index contributed by atoms with van der Waals surface area (Å²) >= 11 is 12.4. The van der Waals surface area contributed by atoms with Gasteiger partial charge in [0.1, 0.15) is 0 Å². The summed E-state index contributed by atoms with van der Waals surface area (Å²) in [5.74, 6) is 0.311. The fraction of sp³-hybridized carbons (Fsp3) is 0.250. The van der Waals surface area contributed by atoms with Crippen LogP contribution >= 0.6 is 23.2 Å². The predicted molar refractivity (Wildman–Crippen MR) is 107 cm³/mol. The quantitative estimate of drug-likeness (QED) is 0.454. The smallest absolute Gasteiger partial charge is 0.263 e. The Labute approximate surface area is 165 Å². The average molecular weight is 405 g/mol. The Kier molecular flexibility index (Phi) is 4.43. The number of hydrogen-bond donors (Lipinski definition) is 3. The zero-order valence-electron chi connectivity index (χ0n) is 14.5. The number of fused-ring (bicyclic) bond motifs is 1. The molecule has 1 aliphatic carbocycles. The van der Waals surface area contributed by atoms with E-state index in [-0.39, 0.29) is 5.56 Å². The van der Waals surface area contributed by atoms with Crippen LogP contribution in [0.25, 0.3) is 16.6 Å². The van der Waals surface area contributed by atoms with Gasteiger partial charge in [0.15, 0.2) is 6.29 Å². The molecule has 5 nitrogen and oxygen atoms in total. The maximum absolute atomic E-state index is 12.7. The lowest BCUT2D eigenvalue weighted by molar-refractivity contribution is -0.0436. The highest BCUT2D eigenvalue weighted by molar-refractivity contribution is 6.39. The van der Waals surface area contributed by atoms with Crippen LogP contribution in [-0.2, 0) is 0 Å². The molecule has 4 N–H and O–H groups in total. The highest BCUT2D eigenvalue weighted by Gasteiger charge is 2.29. The van der Waals surface area contributed by atoms with Crippen LogP contribution in [0.3, 0.4) is 0 Å². The van der Waals surface area contributed by atoms with Gasteiger partial charge in [-0.2, -0.15) is 0 Å². The molecule has 2 aromatic heterocycles. The van der Waals surface area contributed by atoms with Crippen LogP contribution in [0.15, 0.2) is 35.3 Å². The minimum Gasteiger partial charge on any atom is -0.396 e. The number of hydrogen-bond acceptors (Lipinski definition) is 4. The van der Waals surface area contributed by atoms with Gasteiger partial charge < -0.3 is 15.9 Å². The number of nitrogens with zero attached hydrogens (tertiary/aromatic N) is 1. The zero-order chi connectivity index (χ0) is 19.5. The summed E-state index contributed by atoms with van der Waals surface area (Å²) in [6, 6.07) is 6.93. The normalized spacial score (nSPS) is 14.3. The lowest BCUT2D eigenvalue weighted by Gasteiger charge is -2.17. The molecule has 0 saturated heterocycles. The number of aliphatic hydroxyl groups is 2. The molecule has 27 heavy (non-hydrogen) atoms. The summed E-state index contributed by atoms with van der Waals surface area (Å²) in [5.41, 5.74) is 10.0. The summed E-state index contributed by atoms with van der Waals surface area (Å²) < 4.78 is 1.49. The van der Waals surface area contributed by atoms with Crippen molar-refractivity contribution in [3.05, 3.63) is 67.6 Å². The molecule has 0 spiro atoms. The van der Waals surface area contributed by atoms with E-state index in [1.807, 2.05) is 6.92 Å². The van der Waals surface area contributed by atoms with Gasteiger partial charge in [-0.1, -0.05) is 23.2 Å². The van der Waals surface area contributed by atoms with Crippen LogP contribution in [0.2, 0.25) is 10.0 Å². The Morgan fingerprint density at radius 2 is 1.81 bits per heavy atom. The second-order valence-electron chi connectivity index (χ2n) is 6.93. The zero-order valence-corrected chi connectivity index (χ0v) is 16.1. The van der Waals surface area contributed by atoms with E-state index >= 15 is 0 Å². The molecule has 2 heterocycles. The molecular weight excluding hydrogens is 387 g/mol. The molecule has 1 aliphatic rings. The second-order valence-corrected chi connectivity index (χ2v) is 7.75. The van der Waals surface area contributed by atoms with Crippen molar-refractivity contribution in [1.29, 1.82) is 0 Å². The third-order valence-electron chi connectivity index (χ3n) is 5.13. The molecule has 4 rings (SSSR count). The Bertz CT molecular complexity index is 1110. The van der Waals surface area contributed by atoms with Crippen molar-refractivity contribution < 1.29 is 10.2 Å². The Morgan fingerprint density at radius 1 is 1.19 bits per heavy atom. The van der Waals surface area contributed by atoms with Crippen LogP contribution in [0.4, 0.5) is 5.69 Å². The van der Waals surface area contributed by atoms with E-state index in [2.05, 4.69) is 0 Å². The molecule has 7 heteroatoms.